The van der Waals surface area contributed by atoms with E-state index in [9.17, 15) is 18.3 Å². The minimum Gasteiger partial charge on any atom is -0.475 e. The van der Waals surface area contributed by atoms with Crippen molar-refractivity contribution >= 4 is 16.0 Å². The Labute approximate surface area is 116 Å². The molecule has 9 heteroatoms. The number of methoxy groups -OCH3 is 1. The fourth-order valence-corrected chi connectivity index (χ4v) is 2.78. The Hall–Kier alpha value is -1.42. The van der Waals surface area contributed by atoms with E-state index in [1.165, 1.54) is 14.0 Å². The number of aromatic carboxylic acids is 1. The molecule has 1 aromatic rings. The normalized spacial score (nSPS) is 13.3. The molecule has 0 saturated carbocycles. The minimum atomic E-state index is -3.87. The smallest absolute Gasteiger partial charge is 0.371 e. The molecule has 0 spiro atoms. The third-order valence-corrected chi connectivity index (χ3v) is 4.07. The summed E-state index contributed by atoms with van der Waals surface area (Å²) in [7, 11) is -2.45. The standard InChI is InChI=1S/C11H17NO7S/c1-7-10(5-9(19-7)11(14)15)20(16,17)12-4-3-8(13)6-18-2/h5,8,12-13H,3-4,6H2,1-2H3,(H,14,15). The molecule has 8 nitrogen and oxygen atoms in total. The van der Waals surface area contributed by atoms with Gasteiger partial charge < -0.3 is 19.4 Å². The maximum absolute atomic E-state index is 12.0. The van der Waals surface area contributed by atoms with Crippen molar-refractivity contribution in [2.24, 2.45) is 0 Å². The third-order valence-electron chi connectivity index (χ3n) is 2.50. The Morgan fingerprint density at radius 1 is 1.55 bits per heavy atom. The topological polar surface area (TPSA) is 126 Å². The second kappa shape index (κ2) is 6.84. The van der Waals surface area contributed by atoms with Crippen LogP contribution in [0.1, 0.15) is 22.7 Å². The number of ether oxygens (including phenoxy) is 1. The van der Waals surface area contributed by atoms with E-state index in [2.05, 4.69) is 4.72 Å². The van der Waals surface area contributed by atoms with Crippen molar-refractivity contribution in [2.45, 2.75) is 24.3 Å². The van der Waals surface area contributed by atoms with E-state index >= 15 is 0 Å². The van der Waals surface area contributed by atoms with Gasteiger partial charge in [0, 0.05) is 19.7 Å². The lowest BCUT2D eigenvalue weighted by atomic mass is 10.3. The molecule has 1 unspecified atom stereocenters. The molecule has 0 aliphatic rings. The zero-order valence-electron chi connectivity index (χ0n) is 11.1. The molecule has 0 bridgehead atoms. The van der Waals surface area contributed by atoms with Crippen LogP contribution >= 0.6 is 0 Å². The van der Waals surface area contributed by atoms with Crippen LogP contribution in [0.4, 0.5) is 0 Å². The summed E-state index contributed by atoms with van der Waals surface area (Å²) in [6, 6.07) is 0.950. The van der Waals surface area contributed by atoms with Crippen molar-refractivity contribution in [2.75, 3.05) is 20.3 Å². The van der Waals surface area contributed by atoms with Crippen molar-refractivity contribution in [3.05, 3.63) is 17.6 Å². The first-order valence-electron chi connectivity index (χ1n) is 5.78. The van der Waals surface area contributed by atoms with Crippen LogP contribution in [0.3, 0.4) is 0 Å². The zero-order chi connectivity index (χ0) is 15.3. The Morgan fingerprint density at radius 3 is 2.70 bits per heavy atom. The molecule has 1 atom stereocenters. The molecule has 0 saturated heterocycles. The van der Waals surface area contributed by atoms with Crippen molar-refractivity contribution in [1.82, 2.24) is 4.72 Å². The predicted octanol–water partition coefficient (Wildman–Crippen LogP) is -0.0381. The summed E-state index contributed by atoms with van der Waals surface area (Å²) >= 11 is 0. The third kappa shape index (κ3) is 4.30. The summed E-state index contributed by atoms with van der Waals surface area (Å²) in [5.74, 6) is -1.79. The SMILES string of the molecule is COCC(O)CCNS(=O)(=O)c1cc(C(=O)O)oc1C. The lowest BCUT2D eigenvalue weighted by Gasteiger charge is -2.10. The monoisotopic (exact) mass is 307 g/mol. The summed E-state index contributed by atoms with van der Waals surface area (Å²) in [4.78, 5) is 10.5. The second-order valence-corrected chi connectivity index (χ2v) is 5.87. The van der Waals surface area contributed by atoms with Gasteiger partial charge in [0.15, 0.2) is 0 Å². The number of sulfonamides is 1. The van der Waals surface area contributed by atoms with Crippen LogP contribution in [0.25, 0.3) is 0 Å². The average molecular weight is 307 g/mol. The van der Waals surface area contributed by atoms with Crippen LogP contribution in [-0.2, 0) is 14.8 Å². The molecule has 1 heterocycles. The van der Waals surface area contributed by atoms with Gasteiger partial charge in [-0.3, -0.25) is 0 Å². The number of rotatable bonds is 8. The molecule has 1 rings (SSSR count). The first kappa shape index (κ1) is 16.6. The second-order valence-electron chi connectivity index (χ2n) is 4.13. The summed E-state index contributed by atoms with van der Waals surface area (Å²) in [5, 5.41) is 18.1. The predicted molar refractivity (Wildman–Crippen MR) is 68.1 cm³/mol. The van der Waals surface area contributed by atoms with Gasteiger partial charge in [-0.25, -0.2) is 17.9 Å². The van der Waals surface area contributed by atoms with Gasteiger partial charge in [0.1, 0.15) is 10.7 Å². The number of carboxylic acids is 1. The number of aliphatic hydroxyl groups excluding tert-OH is 1. The van der Waals surface area contributed by atoms with Crippen molar-refractivity contribution in [3.8, 4) is 0 Å². The fourth-order valence-electron chi connectivity index (χ4n) is 1.55. The molecule has 0 aliphatic heterocycles. The summed E-state index contributed by atoms with van der Waals surface area (Å²) < 4.78 is 35.7. The molecule has 0 radical (unpaired) electrons. The number of furan rings is 1. The van der Waals surface area contributed by atoms with Crippen molar-refractivity contribution in [3.63, 3.8) is 0 Å². The number of carbonyl (C=O) groups is 1. The highest BCUT2D eigenvalue weighted by molar-refractivity contribution is 7.89. The molecule has 114 valence electrons. The number of hydrogen-bond acceptors (Lipinski definition) is 6. The van der Waals surface area contributed by atoms with Gasteiger partial charge in [-0.15, -0.1) is 0 Å². The molecule has 0 fully saturated rings. The van der Waals surface area contributed by atoms with E-state index in [4.69, 9.17) is 14.3 Å². The highest BCUT2D eigenvalue weighted by Gasteiger charge is 2.23. The maximum Gasteiger partial charge on any atom is 0.371 e. The lowest BCUT2D eigenvalue weighted by Crippen LogP contribution is -2.28. The molecule has 1 aromatic heterocycles. The van der Waals surface area contributed by atoms with E-state index in [0.717, 1.165) is 6.07 Å². The van der Waals surface area contributed by atoms with Crippen LogP contribution in [0.5, 0.6) is 0 Å². The van der Waals surface area contributed by atoms with Crippen molar-refractivity contribution in [1.29, 1.82) is 0 Å². The van der Waals surface area contributed by atoms with Gasteiger partial charge >= 0.3 is 5.97 Å². The molecule has 3 N–H and O–H groups in total. The first-order chi connectivity index (χ1) is 9.27. The summed E-state index contributed by atoms with van der Waals surface area (Å²) in [5.41, 5.74) is 0. The van der Waals surface area contributed by atoms with Gasteiger partial charge in [-0.1, -0.05) is 0 Å². The fraction of sp³-hybridized carbons (Fsp3) is 0.545. The van der Waals surface area contributed by atoms with Crippen LogP contribution in [0.2, 0.25) is 0 Å². The number of carboxylic acid groups (broad SMARTS) is 1. The number of aryl methyl sites for hydroxylation is 1. The number of nitrogens with one attached hydrogen (secondary N) is 1. The van der Waals surface area contributed by atoms with E-state index in [1.54, 1.807) is 0 Å². The molecular formula is C11H17NO7S. The van der Waals surface area contributed by atoms with Gasteiger partial charge in [0.05, 0.1) is 12.7 Å². The highest BCUT2D eigenvalue weighted by Crippen LogP contribution is 2.19. The Kier molecular flexibility index (Phi) is 5.69. The minimum absolute atomic E-state index is 0.000114. The first-order valence-corrected chi connectivity index (χ1v) is 7.26. The molecule has 0 aromatic carbocycles. The van der Waals surface area contributed by atoms with Crippen LogP contribution in [-0.4, -0.2) is 51.0 Å². The van der Waals surface area contributed by atoms with Gasteiger partial charge in [0.25, 0.3) is 0 Å². The molecular weight excluding hydrogens is 290 g/mol. The van der Waals surface area contributed by atoms with Gasteiger partial charge in [0.2, 0.25) is 15.8 Å². The summed E-state index contributed by atoms with van der Waals surface area (Å²) in [6.07, 6.45) is -0.599. The van der Waals surface area contributed by atoms with Crippen LogP contribution < -0.4 is 4.72 Å². The van der Waals surface area contributed by atoms with E-state index < -0.39 is 27.9 Å². The van der Waals surface area contributed by atoms with Crippen molar-refractivity contribution < 1.29 is 32.6 Å². The van der Waals surface area contributed by atoms with Crippen LogP contribution in [0.15, 0.2) is 15.4 Å². The Bertz CT molecular complexity index is 563. The average Bonchev–Trinajstić information content (AvgIpc) is 2.72. The largest absolute Gasteiger partial charge is 0.475 e. The zero-order valence-corrected chi connectivity index (χ0v) is 11.9. The number of aliphatic hydroxyl groups is 1. The van der Waals surface area contributed by atoms with Gasteiger partial charge in [-0.2, -0.15) is 0 Å². The molecule has 20 heavy (non-hydrogen) atoms. The quantitative estimate of drug-likeness (QED) is 0.615. The van der Waals surface area contributed by atoms with Crippen LogP contribution in [0, 0.1) is 6.92 Å². The van der Waals surface area contributed by atoms with E-state index in [0.29, 0.717) is 0 Å². The maximum atomic E-state index is 12.0. The Balaban J connectivity index is 2.72. The Morgan fingerprint density at radius 2 is 2.20 bits per heavy atom. The van der Waals surface area contributed by atoms with E-state index in [1.807, 2.05) is 0 Å². The molecule has 0 amide bonds. The lowest BCUT2D eigenvalue weighted by molar-refractivity contribution is 0.0603. The number of hydrogen-bond donors (Lipinski definition) is 3. The summed E-state index contributed by atoms with van der Waals surface area (Å²) in [6.45, 7) is 1.47. The molecule has 0 aliphatic carbocycles. The van der Waals surface area contributed by atoms with Gasteiger partial charge in [-0.05, 0) is 13.3 Å². The highest BCUT2D eigenvalue weighted by atomic mass is 32.2. The van der Waals surface area contributed by atoms with E-state index in [-0.39, 0.29) is 30.2 Å².